The zero-order valence-electron chi connectivity index (χ0n) is 27.0. The molecule has 0 saturated heterocycles. The number of pyridine rings is 1. The first-order chi connectivity index (χ1) is 20.4. The molecule has 1 saturated carbocycles. The minimum Gasteiger partial charge on any atom is -0.454 e. The smallest absolute Gasteiger partial charge is 0.216 e. The van der Waals surface area contributed by atoms with E-state index < -0.39 is 5.89 Å². The van der Waals surface area contributed by atoms with Gasteiger partial charge in [-0.25, -0.2) is 8.96 Å². The number of hydrogen-bond acceptors (Lipinski definition) is 1. The van der Waals surface area contributed by atoms with Gasteiger partial charge in [0.15, 0.2) is 6.20 Å². The second-order valence-electron chi connectivity index (χ2n) is 14.1. The zero-order chi connectivity index (χ0) is 30.3. The van der Waals surface area contributed by atoms with E-state index in [9.17, 15) is 1.37 Å². The summed E-state index contributed by atoms with van der Waals surface area (Å²) >= 11 is 0. The molecule has 2 nitrogen and oxygen atoms in total. The van der Waals surface area contributed by atoms with Crippen molar-refractivity contribution >= 4 is 21.9 Å². The van der Waals surface area contributed by atoms with E-state index in [1.165, 1.54) is 17.5 Å². The first kappa shape index (κ1) is 26.2. The highest BCUT2D eigenvalue weighted by Crippen LogP contribution is 2.52. The molecule has 0 N–H and O–H groups in total. The first-order valence-corrected chi connectivity index (χ1v) is 15.7. The Hall–Kier alpha value is -3.46. The van der Waals surface area contributed by atoms with Crippen molar-refractivity contribution in [3.63, 3.8) is 0 Å². The Bertz CT molecular complexity index is 1910. The van der Waals surface area contributed by atoms with Crippen LogP contribution in [-0.4, -0.2) is 0 Å². The maximum Gasteiger partial charge on any atom is 0.216 e. The second-order valence-corrected chi connectivity index (χ2v) is 14.1. The molecule has 2 heterocycles. The fraction of sp³-hybridized carbons (Fsp3) is 0.410. The van der Waals surface area contributed by atoms with Crippen LogP contribution in [0.15, 0.2) is 65.2 Å². The summed E-state index contributed by atoms with van der Waals surface area (Å²) in [7, 11) is 2.04. The molecule has 216 valence electrons. The average molecular weight is 562 g/mol. The van der Waals surface area contributed by atoms with Crippen LogP contribution in [0.3, 0.4) is 0 Å². The lowest BCUT2D eigenvalue weighted by atomic mass is 9.60. The highest BCUT2D eigenvalue weighted by molar-refractivity contribution is 6.13. The lowest BCUT2D eigenvalue weighted by molar-refractivity contribution is -0.660. The van der Waals surface area contributed by atoms with Crippen molar-refractivity contribution < 1.29 is 14.7 Å². The van der Waals surface area contributed by atoms with Crippen molar-refractivity contribution in [2.45, 2.75) is 96.3 Å². The summed E-state index contributed by atoms with van der Waals surface area (Å²) in [4.78, 5) is 0. The van der Waals surface area contributed by atoms with Crippen LogP contribution in [0.4, 0.5) is 4.39 Å². The Morgan fingerprint density at radius 2 is 1.55 bits per heavy atom. The minimum atomic E-state index is -0.659. The summed E-state index contributed by atoms with van der Waals surface area (Å²) in [5.41, 5.74) is 9.53. The average Bonchev–Trinajstić information content (AvgIpc) is 3.34. The molecule has 5 aromatic rings. The van der Waals surface area contributed by atoms with Crippen molar-refractivity contribution in [3.8, 4) is 22.4 Å². The maximum atomic E-state index is 16.2. The Morgan fingerprint density at radius 1 is 0.857 bits per heavy atom. The lowest BCUT2D eigenvalue weighted by Crippen LogP contribution is -2.35. The van der Waals surface area contributed by atoms with Gasteiger partial charge in [-0.3, -0.25) is 0 Å². The number of nitrogens with zero attached hydrogens (tertiary/aromatic N) is 1. The molecular formula is C39H43FNO+. The summed E-state index contributed by atoms with van der Waals surface area (Å²) in [6, 6.07) is 18.3. The molecule has 0 unspecified atom stereocenters. The van der Waals surface area contributed by atoms with Crippen LogP contribution in [0.1, 0.15) is 102 Å². The zero-order valence-corrected chi connectivity index (χ0v) is 26.0. The largest absolute Gasteiger partial charge is 0.454 e. The molecule has 7 rings (SSSR count). The summed E-state index contributed by atoms with van der Waals surface area (Å²) in [6.07, 6.45) is 9.22. The third kappa shape index (κ3) is 4.22. The number of benzene rings is 3. The molecular weight excluding hydrogens is 517 g/mol. The predicted octanol–water partition coefficient (Wildman–Crippen LogP) is 10.6. The molecule has 42 heavy (non-hydrogen) atoms. The van der Waals surface area contributed by atoms with Gasteiger partial charge in [-0.1, -0.05) is 71.2 Å². The number of halogens is 1. The number of aryl methyl sites for hydroxylation is 2. The first-order valence-electron chi connectivity index (χ1n) is 16.2. The van der Waals surface area contributed by atoms with E-state index in [1.54, 1.807) is 6.07 Å². The van der Waals surface area contributed by atoms with Crippen LogP contribution < -0.4 is 4.57 Å². The molecule has 0 atom stereocenters. The molecule has 3 aromatic carbocycles. The number of aromatic nitrogens is 1. The van der Waals surface area contributed by atoms with Crippen molar-refractivity contribution in [3.05, 3.63) is 88.9 Å². The van der Waals surface area contributed by atoms with Crippen LogP contribution in [0.5, 0.6) is 0 Å². The molecule has 0 amide bonds. The molecule has 0 bridgehead atoms. The normalized spacial score (nSPS) is 19.5. The van der Waals surface area contributed by atoms with Gasteiger partial charge in [-0.2, -0.15) is 0 Å². The quantitative estimate of drug-likeness (QED) is 0.200. The van der Waals surface area contributed by atoms with Gasteiger partial charge in [0.2, 0.25) is 5.69 Å². The van der Waals surface area contributed by atoms with Gasteiger partial charge in [0.1, 0.15) is 24.0 Å². The van der Waals surface area contributed by atoms with Crippen LogP contribution in [-0.2, 0) is 17.9 Å². The topological polar surface area (TPSA) is 17.0 Å². The molecule has 0 radical (unpaired) electrons. The Kier molecular flexibility index (Phi) is 6.11. The summed E-state index contributed by atoms with van der Waals surface area (Å²) < 4.78 is 34.9. The van der Waals surface area contributed by atoms with E-state index in [4.69, 9.17) is 4.42 Å². The molecule has 2 aromatic heterocycles. The van der Waals surface area contributed by atoms with E-state index >= 15 is 4.39 Å². The number of rotatable bonds is 3. The highest BCUT2D eigenvalue weighted by atomic mass is 19.1. The van der Waals surface area contributed by atoms with E-state index in [-0.39, 0.29) is 16.6 Å². The third-order valence-corrected chi connectivity index (χ3v) is 10.3. The fourth-order valence-electron chi connectivity index (χ4n) is 7.81. The maximum absolute atomic E-state index is 16.2. The van der Waals surface area contributed by atoms with E-state index in [0.29, 0.717) is 11.1 Å². The Labute approximate surface area is 251 Å². The van der Waals surface area contributed by atoms with Gasteiger partial charge in [-0.15, -0.1) is 0 Å². The molecule has 0 spiro atoms. The van der Waals surface area contributed by atoms with Crippen molar-refractivity contribution in [2.24, 2.45) is 7.05 Å². The van der Waals surface area contributed by atoms with Crippen LogP contribution in [0.25, 0.3) is 44.3 Å². The third-order valence-electron chi connectivity index (χ3n) is 10.3. The monoisotopic (exact) mass is 561 g/mol. The van der Waals surface area contributed by atoms with Crippen LogP contribution in [0, 0.1) is 12.7 Å². The minimum absolute atomic E-state index is 0.0359. The lowest BCUT2D eigenvalue weighted by Gasteiger charge is -2.45. The molecule has 0 aliphatic heterocycles. The van der Waals surface area contributed by atoms with Crippen molar-refractivity contribution in [1.82, 2.24) is 0 Å². The van der Waals surface area contributed by atoms with Gasteiger partial charge < -0.3 is 4.42 Å². The van der Waals surface area contributed by atoms with E-state index in [1.807, 2.05) is 31.4 Å². The van der Waals surface area contributed by atoms with Crippen molar-refractivity contribution in [1.29, 1.82) is 0 Å². The number of furan rings is 1. The summed E-state index contributed by atoms with van der Waals surface area (Å²) in [5.74, 6) is -0.940. The Balaban J connectivity index is 1.56. The van der Waals surface area contributed by atoms with Gasteiger partial charge in [0.05, 0.1) is 11.1 Å². The SMILES string of the molecule is [2H]C1(c2cc(-c3c(F)ccc4c3oc3c(-c5cccc[n+]5C)c(C)ccc34)cc3c2C(C)(C)CCC3(C)C)CCCCC1. The standard InChI is InChI=1S/C39H43FNO/c1-24-15-16-27-28-17-18-31(40)34(37(28)42-36(27)33(24)32-14-10-11-21-41(32)6)26-22-29(25-12-8-7-9-13-25)35-30(23-26)38(2,3)19-20-39(35,4)5/h10-11,14-18,21-23,25H,7-9,12-13,19-20H2,1-6H3/q+1/i25D. The van der Waals surface area contributed by atoms with E-state index in [0.717, 1.165) is 82.8 Å². The second kappa shape index (κ2) is 9.79. The van der Waals surface area contributed by atoms with Crippen molar-refractivity contribution in [2.75, 3.05) is 0 Å². The van der Waals surface area contributed by atoms with Crippen LogP contribution in [0.2, 0.25) is 0 Å². The molecule has 3 heteroatoms. The number of fused-ring (bicyclic) bond motifs is 4. The predicted molar refractivity (Wildman–Crippen MR) is 172 cm³/mol. The van der Waals surface area contributed by atoms with Gasteiger partial charge in [0.25, 0.3) is 0 Å². The molecule has 2 aliphatic carbocycles. The van der Waals surface area contributed by atoms with Crippen LogP contribution >= 0.6 is 0 Å². The van der Waals surface area contributed by atoms with Gasteiger partial charge in [-0.05, 0) is 95.3 Å². The summed E-state index contributed by atoms with van der Waals surface area (Å²) in [5, 5.41) is 1.91. The highest BCUT2D eigenvalue weighted by Gasteiger charge is 2.40. The fourth-order valence-corrected chi connectivity index (χ4v) is 7.81. The molecule has 1 fully saturated rings. The Morgan fingerprint density at radius 3 is 2.29 bits per heavy atom. The molecule has 2 aliphatic rings. The van der Waals surface area contributed by atoms with E-state index in [2.05, 4.69) is 69.5 Å². The number of hydrogen-bond donors (Lipinski definition) is 0. The summed E-state index contributed by atoms with van der Waals surface area (Å²) in [6.45, 7) is 11.4. The van der Waals surface area contributed by atoms with Gasteiger partial charge >= 0.3 is 0 Å². The van der Waals surface area contributed by atoms with Gasteiger partial charge in [0, 0.05) is 24.3 Å².